The molecule has 1 N–H and O–H groups in total. The predicted octanol–water partition coefficient (Wildman–Crippen LogP) is 4.19. The second-order valence-electron chi connectivity index (χ2n) is 4.50. The van der Waals surface area contributed by atoms with E-state index in [9.17, 15) is 4.79 Å². The Hall–Kier alpha value is -1.91. The van der Waals surface area contributed by atoms with Crippen molar-refractivity contribution in [3.8, 4) is 11.5 Å². The molecule has 0 heterocycles. The van der Waals surface area contributed by atoms with Gasteiger partial charge in [0.1, 0.15) is 11.5 Å². The second kappa shape index (κ2) is 7.38. The number of benzene rings is 2. The quantitative estimate of drug-likeness (QED) is 0.888. The number of halogens is 2. The first-order chi connectivity index (χ1) is 10.5. The summed E-state index contributed by atoms with van der Waals surface area (Å²) in [6.45, 7) is 0. The molecule has 2 aromatic carbocycles. The maximum Gasteiger partial charge on any atom is 0.228 e. The number of hydrogen-bond donors (Lipinski definition) is 1. The lowest BCUT2D eigenvalue weighted by atomic mass is 10.1. The number of amides is 1. The van der Waals surface area contributed by atoms with E-state index in [2.05, 4.69) is 5.32 Å². The van der Waals surface area contributed by atoms with Gasteiger partial charge in [0.05, 0.1) is 31.4 Å². The average molecular weight is 340 g/mol. The Morgan fingerprint density at radius 1 is 1.05 bits per heavy atom. The lowest BCUT2D eigenvalue weighted by Crippen LogP contribution is -2.15. The van der Waals surface area contributed by atoms with E-state index in [1.54, 1.807) is 24.3 Å². The van der Waals surface area contributed by atoms with Gasteiger partial charge in [-0.3, -0.25) is 4.79 Å². The standard InChI is InChI=1S/C16H15Cl2NO3/c1-21-14-9-15(22-2)13(8-12(14)18)19-16(20)7-10-5-3-4-6-11(10)17/h3-6,8-9H,7H2,1-2H3,(H,19,20). The molecule has 0 aliphatic heterocycles. The van der Waals surface area contributed by atoms with Crippen molar-refractivity contribution in [2.45, 2.75) is 6.42 Å². The summed E-state index contributed by atoms with van der Waals surface area (Å²) in [4.78, 5) is 12.2. The average Bonchev–Trinajstić information content (AvgIpc) is 2.50. The molecule has 0 saturated carbocycles. The van der Waals surface area contributed by atoms with Gasteiger partial charge in [0.15, 0.2) is 0 Å². The maximum absolute atomic E-state index is 12.2. The first-order valence-corrected chi connectivity index (χ1v) is 7.25. The van der Waals surface area contributed by atoms with Crippen molar-refractivity contribution < 1.29 is 14.3 Å². The highest BCUT2D eigenvalue weighted by Crippen LogP contribution is 2.36. The Balaban J connectivity index is 2.18. The number of hydrogen-bond acceptors (Lipinski definition) is 3. The van der Waals surface area contributed by atoms with Crippen LogP contribution in [0.2, 0.25) is 10.0 Å². The van der Waals surface area contributed by atoms with Crippen LogP contribution in [0.15, 0.2) is 36.4 Å². The normalized spacial score (nSPS) is 10.2. The Morgan fingerprint density at radius 2 is 1.73 bits per heavy atom. The van der Waals surface area contributed by atoms with E-state index in [-0.39, 0.29) is 12.3 Å². The van der Waals surface area contributed by atoms with Crippen LogP contribution in [0.5, 0.6) is 11.5 Å². The molecule has 116 valence electrons. The number of carbonyl (C=O) groups excluding carboxylic acids is 1. The monoisotopic (exact) mass is 339 g/mol. The van der Waals surface area contributed by atoms with Gasteiger partial charge >= 0.3 is 0 Å². The summed E-state index contributed by atoms with van der Waals surface area (Å²) in [6, 6.07) is 10.4. The smallest absolute Gasteiger partial charge is 0.228 e. The van der Waals surface area contributed by atoms with Crippen molar-refractivity contribution in [1.29, 1.82) is 0 Å². The molecule has 0 radical (unpaired) electrons. The van der Waals surface area contributed by atoms with Crippen molar-refractivity contribution in [3.05, 3.63) is 52.0 Å². The molecule has 6 heteroatoms. The molecule has 0 fully saturated rings. The van der Waals surface area contributed by atoms with Gasteiger partial charge in [0, 0.05) is 11.1 Å². The molecule has 0 bridgehead atoms. The molecule has 1 amide bonds. The van der Waals surface area contributed by atoms with Crippen molar-refractivity contribution in [2.75, 3.05) is 19.5 Å². The van der Waals surface area contributed by atoms with Crippen molar-refractivity contribution in [2.24, 2.45) is 0 Å². The molecule has 2 rings (SSSR count). The fourth-order valence-electron chi connectivity index (χ4n) is 1.97. The van der Waals surface area contributed by atoms with Crippen molar-refractivity contribution in [3.63, 3.8) is 0 Å². The fraction of sp³-hybridized carbons (Fsp3) is 0.188. The molecule has 0 atom stereocenters. The predicted molar refractivity (Wildman–Crippen MR) is 88.3 cm³/mol. The Bertz CT molecular complexity index is 689. The highest BCUT2D eigenvalue weighted by atomic mass is 35.5. The Morgan fingerprint density at radius 3 is 2.36 bits per heavy atom. The van der Waals surface area contributed by atoms with Gasteiger partial charge in [0.25, 0.3) is 0 Å². The van der Waals surface area contributed by atoms with Crippen LogP contribution < -0.4 is 14.8 Å². The summed E-state index contributed by atoms with van der Waals surface area (Å²) < 4.78 is 10.4. The van der Waals surface area contributed by atoms with Crippen LogP contribution in [-0.4, -0.2) is 20.1 Å². The molecular formula is C16H15Cl2NO3. The molecule has 4 nitrogen and oxygen atoms in total. The topological polar surface area (TPSA) is 47.6 Å². The minimum absolute atomic E-state index is 0.159. The number of ether oxygens (including phenoxy) is 2. The van der Waals surface area contributed by atoms with Gasteiger partial charge in [-0.15, -0.1) is 0 Å². The third-order valence-corrected chi connectivity index (χ3v) is 3.72. The number of carbonyl (C=O) groups is 1. The first kappa shape index (κ1) is 16.5. The second-order valence-corrected chi connectivity index (χ2v) is 5.32. The third-order valence-electron chi connectivity index (χ3n) is 3.06. The van der Waals surface area contributed by atoms with Crippen LogP contribution >= 0.6 is 23.2 Å². The molecule has 0 aliphatic rings. The van der Waals surface area contributed by atoms with E-state index in [0.29, 0.717) is 27.2 Å². The van der Waals surface area contributed by atoms with Crippen LogP contribution in [-0.2, 0) is 11.2 Å². The van der Waals surface area contributed by atoms with Crippen LogP contribution in [0, 0.1) is 0 Å². The lowest BCUT2D eigenvalue weighted by Gasteiger charge is -2.13. The number of nitrogens with one attached hydrogen (secondary N) is 1. The van der Waals surface area contributed by atoms with Crippen molar-refractivity contribution in [1.82, 2.24) is 0 Å². The summed E-state index contributed by atoms with van der Waals surface area (Å²) >= 11 is 12.1. The van der Waals surface area contributed by atoms with Gasteiger partial charge in [-0.1, -0.05) is 41.4 Å². The number of methoxy groups -OCH3 is 2. The van der Waals surface area contributed by atoms with Crippen LogP contribution in [0.25, 0.3) is 0 Å². The lowest BCUT2D eigenvalue weighted by molar-refractivity contribution is -0.115. The summed E-state index contributed by atoms with van der Waals surface area (Å²) in [5, 5.41) is 3.71. The van der Waals surface area contributed by atoms with Crippen LogP contribution in [0.3, 0.4) is 0 Å². The minimum Gasteiger partial charge on any atom is -0.495 e. The van der Waals surface area contributed by atoms with Gasteiger partial charge in [0.2, 0.25) is 5.91 Å². The summed E-state index contributed by atoms with van der Waals surface area (Å²) in [7, 11) is 3.02. The van der Waals surface area contributed by atoms with Crippen LogP contribution in [0.1, 0.15) is 5.56 Å². The van der Waals surface area contributed by atoms with Gasteiger partial charge in [-0.2, -0.15) is 0 Å². The fourth-order valence-corrected chi connectivity index (χ4v) is 2.41. The maximum atomic E-state index is 12.2. The van der Waals surface area contributed by atoms with Crippen molar-refractivity contribution >= 4 is 34.8 Å². The van der Waals surface area contributed by atoms with E-state index in [1.165, 1.54) is 14.2 Å². The first-order valence-electron chi connectivity index (χ1n) is 6.50. The van der Waals surface area contributed by atoms with E-state index in [0.717, 1.165) is 5.56 Å². The molecule has 0 aliphatic carbocycles. The zero-order valence-electron chi connectivity index (χ0n) is 12.2. The Kier molecular flexibility index (Phi) is 5.52. The summed E-state index contributed by atoms with van der Waals surface area (Å²) in [6.07, 6.45) is 0.159. The molecule has 0 aromatic heterocycles. The molecule has 0 spiro atoms. The van der Waals surface area contributed by atoms with E-state index in [4.69, 9.17) is 32.7 Å². The van der Waals surface area contributed by atoms with E-state index >= 15 is 0 Å². The SMILES string of the molecule is COc1cc(OC)c(NC(=O)Cc2ccccc2Cl)cc1Cl. The summed E-state index contributed by atoms with van der Waals surface area (Å²) in [5.41, 5.74) is 1.23. The largest absolute Gasteiger partial charge is 0.495 e. The number of anilines is 1. The van der Waals surface area contributed by atoms with Gasteiger partial charge < -0.3 is 14.8 Å². The highest BCUT2D eigenvalue weighted by Gasteiger charge is 2.13. The molecule has 0 unspecified atom stereocenters. The van der Waals surface area contributed by atoms with E-state index < -0.39 is 0 Å². The van der Waals surface area contributed by atoms with Gasteiger partial charge in [-0.25, -0.2) is 0 Å². The molecule has 0 saturated heterocycles. The van der Waals surface area contributed by atoms with Gasteiger partial charge in [-0.05, 0) is 17.7 Å². The molecule has 22 heavy (non-hydrogen) atoms. The zero-order valence-corrected chi connectivity index (χ0v) is 13.7. The molecular weight excluding hydrogens is 325 g/mol. The van der Waals surface area contributed by atoms with E-state index in [1.807, 2.05) is 12.1 Å². The summed E-state index contributed by atoms with van der Waals surface area (Å²) in [5.74, 6) is 0.726. The highest BCUT2D eigenvalue weighted by molar-refractivity contribution is 6.32. The Labute approximate surface area is 138 Å². The third kappa shape index (κ3) is 3.84. The minimum atomic E-state index is -0.215. The zero-order chi connectivity index (χ0) is 16.1. The number of rotatable bonds is 5. The molecule has 2 aromatic rings. The van der Waals surface area contributed by atoms with Crippen LogP contribution in [0.4, 0.5) is 5.69 Å².